The number of aryl methyl sites for hydroxylation is 2. The number of aromatic nitrogens is 4. The number of Topliss-reactive ketones (excluding diaryl/α,β-unsaturated/α-hetero) is 1. The molecule has 0 atom stereocenters. The van der Waals surface area contributed by atoms with Crippen LogP contribution in [0.15, 0.2) is 72.0 Å². The van der Waals surface area contributed by atoms with Crippen molar-refractivity contribution in [3.63, 3.8) is 0 Å². The maximum absolute atomic E-state index is 12.7. The van der Waals surface area contributed by atoms with Crippen molar-refractivity contribution in [3.8, 4) is 22.8 Å². The van der Waals surface area contributed by atoms with Crippen LogP contribution in [0, 0.1) is 6.92 Å². The largest absolute Gasteiger partial charge is 0.496 e. The molecule has 7 heteroatoms. The lowest BCUT2D eigenvalue weighted by Gasteiger charge is -2.12. The maximum atomic E-state index is 12.7. The van der Waals surface area contributed by atoms with E-state index in [4.69, 9.17) is 4.74 Å². The van der Waals surface area contributed by atoms with Crippen LogP contribution >= 0.6 is 11.8 Å². The molecule has 0 aliphatic heterocycles. The van der Waals surface area contributed by atoms with Crippen LogP contribution in [-0.4, -0.2) is 38.0 Å². The third-order valence-corrected chi connectivity index (χ3v) is 5.76. The van der Waals surface area contributed by atoms with Crippen LogP contribution in [0.25, 0.3) is 17.1 Å². The van der Waals surface area contributed by atoms with Gasteiger partial charge in [0.15, 0.2) is 16.8 Å². The molecule has 0 radical (unpaired) electrons. The molecule has 0 bridgehead atoms. The first-order valence-electron chi connectivity index (χ1n) is 9.51. The van der Waals surface area contributed by atoms with Gasteiger partial charge in [0.1, 0.15) is 5.75 Å². The number of carbonyl (C=O) groups excluding carboxylic acids is 1. The van der Waals surface area contributed by atoms with Crippen molar-refractivity contribution >= 4 is 17.5 Å². The fourth-order valence-corrected chi connectivity index (χ4v) is 4.08. The molecule has 0 saturated carbocycles. The van der Waals surface area contributed by atoms with Crippen LogP contribution in [0.5, 0.6) is 5.75 Å². The molecule has 6 nitrogen and oxygen atoms in total. The first-order chi connectivity index (χ1) is 14.6. The number of hydrogen-bond donors (Lipinski definition) is 0. The summed E-state index contributed by atoms with van der Waals surface area (Å²) < 4.78 is 9.33. The second-order valence-electron chi connectivity index (χ2n) is 6.89. The average Bonchev–Trinajstić information content (AvgIpc) is 3.38. The summed E-state index contributed by atoms with van der Waals surface area (Å²) in [6, 6.07) is 19.6. The molecule has 0 aliphatic rings. The fraction of sp³-hybridized carbons (Fsp3) is 0.174. The number of ether oxygens (including phenoxy) is 1. The normalized spacial score (nSPS) is 10.9. The summed E-state index contributed by atoms with van der Waals surface area (Å²) in [5.74, 6) is 1.71. The Morgan fingerprint density at radius 2 is 1.80 bits per heavy atom. The third-order valence-electron chi connectivity index (χ3n) is 4.84. The van der Waals surface area contributed by atoms with Crippen molar-refractivity contribution in [1.29, 1.82) is 0 Å². The molecule has 2 aromatic carbocycles. The van der Waals surface area contributed by atoms with Gasteiger partial charge < -0.3 is 9.30 Å². The molecule has 0 fully saturated rings. The SMILES string of the molecule is COc1ccccc1-c1nnc(SCC(=O)c2cccn2C)n1-c1ccc(C)cc1. The number of hydrogen-bond acceptors (Lipinski definition) is 5. The van der Waals surface area contributed by atoms with Crippen LogP contribution in [0.4, 0.5) is 0 Å². The molecular weight excluding hydrogens is 396 g/mol. The molecule has 0 unspecified atom stereocenters. The number of benzene rings is 2. The first-order valence-corrected chi connectivity index (χ1v) is 10.5. The van der Waals surface area contributed by atoms with Crippen LogP contribution in [0.2, 0.25) is 0 Å². The van der Waals surface area contributed by atoms with Gasteiger partial charge in [0.25, 0.3) is 0 Å². The molecule has 0 saturated heterocycles. The predicted molar refractivity (Wildman–Crippen MR) is 119 cm³/mol. The van der Waals surface area contributed by atoms with Gasteiger partial charge in [-0.15, -0.1) is 10.2 Å². The lowest BCUT2D eigenvalue weighted by molar-refractivity contribution is 0.101. The van der Waals surface area contributed by atoms with Crippen LogP contribution in [0.3, 0.4) is 0 Å². The van der Waals surface area contributed by atoms with Gasteiger partial charge in [0, 0.05) is 18.9 Å². The second kappa shape index (κ2) is 8.59. The average molecular weight is 419 g/mol. The van der Waals surface area contributed by atoms with E-state index in [9.17, 15) is 4.79 Å². The van der Waals surface area contributed by atoms with E-state index in [0.29, 0.717) is 16.7 Å². The topological polar surface area (TPSA) is 61.9 Å². The van der Waals surface area contributed by atoms with E-state index in [0.717, 1.165) is 17.0 Å². The number of para-hydroxylation sites is 1. The predicted octanol–water partition coefficient (Wildman–Crippen LogP) is 4.56. The molecule has 2 heterocycles. The van der Waals surface area contributed by atoms with Gasteiger partial charge in [-0.3, -0.25) is 9.36 Å². The summed E-state index contributed by atoms with van der Waals surface area (Å²) in [4.78, 5) is 12.7. The number of thioether (sulfide) groups is 1. The minimum absolute atomic E-state index is 0.0461. The molecule has 0 amide bonds. The second-order valence-corrected chi connectivity index (χ2v) is 7.84. The molecule has 4 rings (SSSR count). The lowest BCUT2D eigenvalue weighted by Crippen LogP contribution is -2.09. The number of methoxy groups -OCH3 is 1. The highest BCUT2D eigenvalue weighted by Gasteiger charge is 2.20. The minimum atomic E-state index is 0.0461. The van der Waals surface area contributed by atoms with Crippen molar-refractivity contribution in [2.45, 2.75) is 12.1 Å². The fourth-order valence-electron chi connectivity index (χ4n) is 3.25. The van der Waals surface area contributed by atoms with E-state index in [1.807, 2.05) is 90.0 Å². The van der Waals surface area contributed by atoms with E-state index in [2.05, 4.69) is 10.2 Å². The molecule has 0 spiro atoms. The van der Waals surface area contributed by atoms with Crippen molar-refractivity contribution in [1.82, 2.24) is 19.3 Å². The highest BCUT2D eigenvalue weighted by Crippen LogP contribution is 2.33. The zero-order valence-corrected chi connectivity index (χ0v) is 17.9. The van der Waals surface area contributed by atoms with Gasteiger partial charge in [0.05, 0.1) is 24.1 Å². The molecular formula is C23H22N4O2S. The lowest BCUT2D eigenvalue weighted by atomic mass is 10.1. The highest BCUT2D eigenvalue weighted by atomic mass is 32.2. The Kier molecular flexibility index (Phi) is 5.72. The zero-order valence-electron chi connectivity index (χ0n) is 17.1. The summed E-state index contributed by atoms with van der Waals surface area (Å²) in [5.41, 5.74) is 3.61. The minimum Gasteiger partial charge on any atom is -0.496 e. The van der Waals surface area contributed by atoms with E-state index in [1.54, 1.807) is 7.11 Å². The Hall–Kier alpha value is -3.32. The molecule has 0 N–H and O–H groups in total. The van der Waals surface area contributed by atoms with Crippen LogP contribution in [0.1, 0.15) is 16.1 Å². The summed E-state index contributed by atoms with van der Waals surface area (Å²) in [6.07, 6.45) is 1.87. The van der Waals surface area contributed by atoms with Gasteiger partial charge in [-0.25, -0.2) is 0 Å². The van der Waals surface area contributed by atoms with Crippen LogP contribution in [-0.2, 0) is 7.05 Å². The van der Waals surface area contributed by atoms with E-state index < -0.39 is 0 Å². The van der Waals surface area contributed by atoms with E-state index in [-0.39, 0.29) is 11.5 Å². The van der Waals surface area contributed by atoms with Gasteiger partial charge >= 0.3 is 0 Å². The first kappa shape index (κ1) is 20.0. The van der Waals surface area contributed by atoms with Gasteiger partial charge in [-0.05, 0) is 43.3 Å². The van der Waals surface area contributed by atoms with Crippen molar-refractivity contribution in [2.75, 3.05) is 12.9 Å². The Labute approximate surface area is 179 Å². The Balaban J connectivity index is 1.74. The van der Waals surface area contributed by atoms with E-state index in [1.165, 1.54) is 17.3 Å². The number of ketones is 1. The smallest absolute Gasteiger partial charge is 0.196 e. The van der Waals surface area contributed by atoms with Crippen molar-refractivity contribution in [2.24, 2.45) is 7.05 Å². The number of rotatable bonds is 7. The van der Waals surface area contributed by atoms with Crippen LogP contribution < -0.4 is 4.74 Å². The Morgan fingerprint density at radius 1 is 1.03 bits per heavy atom. The Bertz CT molecular complexity index is 1180. The summed E-state index contributed by atoms with van der Waals surface area (Å²) >= 11 is 1.38. The zero-order chi connectivity index (χ0) is 21.1. The quantitative estimate of drug-likeness (QED) is 0.325. The van der Waals surface area contributed by atoms with E-state index >= 15 is 0 Å². The summed E-state index contributed by atoms with van der Waals surface area (Å²) in [6.45, 7) is 2.05. The van der Waals surface area contributed by atoms with Gasteiger partial charge in [0.2, 0.25) is 0 Å². The van der Waals surface area contributed by atoms with Crippen molar-refractivity contribution < 1.29 is 9.53 Å². The third kappa shape index (κ3) is 3.89. The van der Waals surface area contributed by atoms with Gasteiger partial charge in [-0.2, -0.15) is 0 Å². The molecule has 2 aromatic heterocycles. The van der Waals surface area contributed by atoms with Crippen molar-refractivity contribution in [3.05, 3.63) is 78.1 Å². The van der Waals surface area contributed by atoms with Gasteiger partial charge in [-0.1, -0.05) is 41.6 Å². The summed E-state index contributed by atoms with van der Waals surface area (Å²) in [7, 11) is 3.51. The highest BCUT2D eigenvalue weighted by molar-refractivity contribution is 7.99. The molecule has 0 aliphatic carbocycles. The Morgan fingerprint density at radius 3 is 2.50 bits per heavy atom. The monoisotopic (exact) mass is 418 g/mol. The maximum Gasteiger partial charge on any atom is 0.196 e. The molecule has 30 heavy (non-hydrogen) atoms. The molecule has 152 valence electrons. The standard InChI is InChI=1S/C23H22N4O2S/c1-16-10-12-17(13-11-16)27-22(18-7-4-5-9-21(18)29-3)24-25-23(27)30-15-20(28)19-8-6-14-26(19)2/h4-14H,15H2,1-3H3. The molecule has 4 aromatic rings. The number of nitrogens with zero attached hydrogens (tertiary/aromatic N) is 4. The summed E-state index contributed by atoms with van der Waals surface area (Å²) in [5, 5.41) is 9.51. The number of carbonyl (C=O) groups is 1.